The Labute approximate surface area is 161 Å². The first-order chi connectivity index (χ1) is 10.7. The molecule has 7 nitrogen and oxygen atoms in total. The van der Waals surface area contributed by atoms with Gasteiger partial charge in [-0.2, -0.15) is 0 Å². The number of aryl methyl sites for hydroxylation is 1. The van der Waals surface area contributed by atoms with E-state index >= 15 is 0 Å². The van der Waals surface area contributed by atoms with Crippen LogP contribution in [0.4, 0.5) is 0 Å². The van der Waals surface area contributed by atoms with Crippen molar-refractivity contribution in [3.8, 4) is 0 Å². The van der Waals surface area contributed by atoms with Crippen molar-refractivity contribution in [2.75, 3.05) is 25.4 Å². The molecule has 9 heteroatoms. The largest absolute Gasteiger partial charge is 0.357 e. The summed E-state index contributed by atoms with van der Waals surface area (Å²) in [6.45, 7) is 9.44. The Morgan fingerprint density at radius 3 is 2.75 bits per heavy atom. The Hall–Kier alpha value is -0.970. The van der Waals surface area contributed by atoms with E-state index in [9.17, 15) is 8.42 Å². The predicted octanol–water partition coefficient (Wildman–Crippen LogP) is 1.38. The lowest BCUT2D eigenvalue weighted by atomic mass is 10.2. The molecule has 1 aliphatic heterocycles. The number of sulfone groups is 1. The third kappa shape index (κ3) is 5.01. The highest BCUT2D eigenvalue weighted by molar-refractivity contribution is 14.0. The summed E-state index contributed by atoms with van der Waals surface area (Å²) in [5.74, 6) is 1.59. The number of aromatic nitrogens is 2. The zero-order valence-corrected chi connectivity index (χ0v) is 17.8. The van der Waals surface area contributed by atoms with Crippen LogP contribution in [0.5, 0.6) is 0 Å². The number of guanidine groups is 1. The molecular formula is C15H26IN5O2S. The average molecular weight is 467 g/mol. The molecule has 1 aliphatic rings. The molecule has 0 bridgehead atoms. The van der Waals surface area contributed by atoms with E-state index < -0.39 is 14.6 Å². The maximum Gasteiger partial charge on any atom is 0.194 e. The number of nitrogens with one attached hydrogen (secondary N) is 1. The van der Waals surface area contributed by atoms with Gasteiger partial charge >= 0.3 is 0 Å². The Balaban J connectivity index is 0.00000288. The molecular weight excluding hydrogens is 441 g/mol. The molecule has 2 heterocycles. The van der Waals surface area contributed by atoms with Gasteiger partial charge < -0.3 is 10.2 Å². The van der Waals surface area contributed by atoms with Crippen LogP contribution in [0.25, 0.3) is 0 Å². The average Bonchev–Trinajstić information content (AvgIpc) is 2.46. The summed E-state index contributed by atoms with van der Waals surface area (Å²) < 4.78 is 23.5. The standard InChI is InChI=1S/C15H25N5O2S.HI/c1-5-16-14(18-10-13-6-7-17-12(2)19-13)20-8-9-23(21,22)15(3,4)11-20;/h6-7H,5,8-11H2,1-4H3,(H,16,18);1H. The number of nitrogens with zero attached hydrogens (tertiary/aromatic N) is 4. The van der Waals surface area contributed by atoms with E-state index in [2.05, 4.69) is 20.3 Å². The van der Waals surface area contributed by atoms with Crippen molar-refractivity contribution in [3.05, 3.63) is 23.8 Å². The summed E-state index contributed by atoms with van der Waals surface area (Å²) >= 11 is 0. The minimum atomic E-state index is -3.06. The Morgan fingerprint density at radius 1 is 1.46 bits per heavy atom. The van der Waals surface area contributed by atoms with Crippen molar-refractivity contribution in [2.45, 2.75) is 39.0 Å². The van der Waals surface area contributed by atoms with Crippen molar-refractivity contribution < 1.29 is 8.42 Å². The smallest absolute Gasteiger partial charge is 0.194 e. The maximum absolute atomic E-state index is 12.1. The molecule has 1 aromatic heterocycles. The molecule has 0 amide bonds. The fourth-order valence-electron chi connectivity index (χ4n) is 2.50. The van der Waals surface area contributed by atoms with Crippen LogP contribution in [0.1, 0.15) is 32.3 Å². The van der Waals surface area contributed by atoms with E-state index in [1.54, 1.807) is 20.0 Å². The van der Waals surface area contributed by atoms with Gasteiger partial charge in [-0.25, -0.2) is 23.4 Å². The first-order valence-corrected chi connectivity index (χ1v) is 9.44. The second kappa shape index (κ2) is 8.41. The highest BCUT2D eigenvalue weighted by Gasteiger charge is 2.40. The maximum atomic E-state index is 12.1. The Bertz CT molecular complexity index is 691. The number of halogens is 1. The van der Waals surface area contributed by atoms with Gasteiger partial charge in [-0.15, -0.1) is 24.0 Å². The third-order valence-electron chi connectivity index (χ3n) is 3.90. The summed E-state index contributed by atoms with van der Waals surface area (Å²) in [6, 6.07) is 1.84. The van der Waals surface area contributed by atoms with E-state index in [0.717, 1.165) is 18.2 Å². The van der Waals surface area contributed by atoms with Gasteiger partial charge in [-0.1, -0.05) is 0 Å². The van der Waals surface area contributed by atoms with E-state index in [4.69, 9.17) is 0 Å². The fourth-order valence-corrected chi connectivity index (χ4v) is 3.87. The predicted molar refractivity (Wildman–Crippen MR) is 106 cm³/mol. The lowest BCUT2D eigenvalue weighted by molar-refractivity contribution is 0.353. The van der Waals surface area contributed by atoms with Crippen LogP contribution in [0, 0.1) is 6.92 Å². The summed E-state index contributed by atoms with van der Waals surface area (Å²) in [7, 11) is -3.06. The van der Waals surface area contributed by atoms with E-state index in [1.807, 2.05) is 24.8 Å². The van der Waals surface area contributed by atoms with Crippen LogP contribution in [0.2, 0.25) is 0 Å². The number of aliphatic imine (C=N–C) groups is 1. The molecule has 0 saturated carbocycles. The second-order valence-corrected chi connectivity index (χ2v) is 9.01. The van der Waals surface area contributed by atoms with Crippen LogP contribution in [-0.2, 0) is 16.4 Å². The Kier molecular flexibility index (Phi) is 7.39. The summed E-state index contributed by atoms with van der Waals surface area (Å²) in [5, 5.41) is 3.24. The summed E-state index contributed by atoms with van der Waals surface area (Å²) in [4.78, 5) is 15.0. The molecule has 2 rings (SSSR count). The minimum absolute atomic E-state index is 0. The molecule has 1 aromatic rings. The van der Waals surface area contributed by atoms with Crippen LogP contribution in [0.3, 0.4) is 0 Å². The van der Waals surface area contributed by atoms with Gasteiger partial charge in [0.1, 0.15) is 5.82 Å². The van der Waals surface area contributed by atoms with Crippen LogP contribution >= 0.6 is 24.0 Å². The van der Waals surface area contributed by atoms with E-state index in [1.165, 1.54) is 0 Å². The highest BCUT2D eigenvalue weighted by atomic mass is 127. The molecule has 0 aromatic carbocycles. The van der Waals surface area contributed by atoms with Gasteiger partial charge in [0.05, 0.1) is 22.7 Å². The topological polar surface area (TPSA) is 87.6 Å². The second-order valence-electron chi connectivity index (χ2n) is 6.27. The Morgan fingerprint density at radius 2 is 2.17 bits per heavy atom. The van der Waals surface area contributed by atoms with Crippen LogP contribution < -0.4 is 5.32 Å². The molecule has 1 N–H and O–H groups in total. The first-order valence-electron chi connectivity index (χ1n) is 7.79. The number of hydrogen-bond acceptors (Lipinski definition) is 5. The molecule has 136 valence electrons. The van der Waals surface area contributed by atoms with Crippen LogP contribution in [0.15, 0.2) is 17.3 Å². The van der Waals surface area contributed by atoms with Gasteiger partial charge in [0.25, 0.3) is 0 Å². The number of hydrogen-bond donors (Lipinski definition) is 1. The van der Waals surface area contributed by atoms with E-state index in [-0.39, 0.29) is 29.7 Å². The van der Waals surface area contributed by atoms with Crippen molar-refractivity contribution in [2.24, 2.45) is 4.99 Å². The molecule has 1 saturated heterocycles. The van der Waals surface area contributed by atoms with Gasteiger partial charge in [-0.05, 0) is 33.8 Å². The SMILES string of the molecule is CCNC(=NCc1ccnc(C)n1)N1CCS(=O)(=O)C(C)(C)C1.I. The van der Waals surface area contributed by atoms with Crippen molar-refractivity contribution in [1.29, 1.82) is 0 Å². The van der Waals surface area contributed by atoms with Crippen molar-refractivity contribution in [1.82, 2.24) is 20.2 Å². The third-order valence-corrected chi connectivity index (χ3v) is 6.44. The first kappa shape index (κ1) is 21.1. The van der Waals surface area contributed by atoms with Crippen molar-refractivity contribution in [3.63, 3.8) is 0 Å². The molecule has 1 fully saturated rings. The highest BCUT2D eigenvalue weighted by Crippen LogP contribution is 2.23. The zero-order chi connectivity index (χ0) is 17.1. The lowest BCUT2D eigenvalue weighted by Crippen LogP contribution is -2.57. The molecule has 0 atom stereocenters. The summed E-state index contributed by atoms with van der Waals surface area (Å²) in [6.07, 6.45) is 1.72. The van der Waals surface area contributed by atoms with Gasteiger partial charge in [-0.3, -0.25) is 0 Å². The zero-order valence-electron chi connectivity index (χ0n) is 14.6. The number of rotatable bonds is 3. The molecule has 0 aliphatic carbocycles. The van der Waals surface area contributed by atoms with Gasteiger partial charge in [0, 0.05) is 25.8 Å². The monoisotopic (exact) mass is 467 g/mol. The minimum Gasteiger partial charge on any atom is -0.357 e. The molecule has 0 unspecified atom stereocenters. The van der Waals surface area contributed by atoms with Gasteiger partial charge in [0.2, 0.25) is 0 Å². The fraction of sp³-hybridized carbons (Fsp3) is 0.667. The van der Waals surface area contributed by atoms with Gasteiger partial charge in [0.15, 0.2) is 15.8 Å². The normalized spacial score (nSPS) is 19.5. The quantitative estimate of drug-likeness (QED) is 0.411. The molecule has 0 spiro atoms. The van der Waals surface area contributed by atoms with Crippen LogP contribution in [-0.4, -0.2) is 59.4 Å². The molecule has 24 heavy (non-hydrogen) atoms. The van der Waals surface area contributed by atoms with Crippen molar-refractivity contribution >= 4 is 39.8 Å². The molecule has 0 radical (unpaired) electrons. The lowest BCUT2D eigenvalue weighted by Gasteiger charge is -2.39. The van der Waals surface area contributed by atoms with E-state index in [0.29, 0.717) is 25.5 Å². The summed E-state index contributed by atoms with van der Waals surface area (Å²) in [5.41, 5.74) is 0.844.